The van der Waals surface area contributed by atoms with Crippen LogP contribution in [0.1, 0.15) is 11.1 Å². The molecular weight excluding hydrogens is 372 g/mol. The van der Waals surface area contributed by atoms with E-state index in [-0.39, 0.29) is 17.1 Å². The van der Waals surface area contributed by atoms with Gasteiger partial charge in [0, 0.05) is 17.7 Å². The van der Waals surface area contributed by atoms with E-state index in [2.05, 4.69) is 14.9 Å². The molecule has 0 amide bonds. The summed E-state index contributed by atoms with van der Waals surface area (Å²) in [7, 11) is 0. The van der Waals surface area contributed by atoms with Crippen LogP contribution in [0.4, 0.5) is 32.0 Å². The van der Waals surface area contributed by atoms with E-state index < -0.39 is 45.2 Å². The minimum absolute atomic E-state index is 0.0620. The Balaban J connectivity index is 2.35. The number of halogens is 6. The van der Waals surface area contributed by atoms with E-state index in [0.717, 1.165) is 12.1 Å². The number of aromatic nitrogens is 2. The molecule has 1 aromatic heterocycles. The molecule has 0 bridgehead atoms. The van der Waals surface area contributed by atoms with Crippen LogP contribution in [0.15, 0.2) is 35.0 Å². The third kappa shape index (κ3) is 3.05. The predicted octanol–water partition coefficient (Wildman–Crippen LogP) is 4.84. The monoisotopic (exact) mass is 377 g/mol. The fraction of sp³-hybridized carbons (Fsp3) is 0.143. The first-order chi connectivity index (χ1) is 12.0. The lowest BCUT2D eigenvalue weighted by Gasteiger charge is -2.16. The van der Waals surface area contributed by atoms with Gasteiger partial charge in [0.05, 0.1) is 16.1 Å². The average Bonchev–Trinajstić information content (AvgIpc) is 3.00. The van der Waals surface area contributed by atoms with Crippen LogP contribution in [0.2, 0.25) is 0 Å². The maximum absolute atomic E-state index is 13.3. The molecule has 0 atom stereocenters. The van der Waals surface area contributed by atoms with Crippen LogP contribution in [0.5, 0.6) is 0 Å². The topological polar surface area (TPSA) is 82.1 Å². The molecule has 0 aliphatic heterocycles. The van der Waals surface area contributed by atoms with E-state index in [1.54, 1.807) is 0 Å². The van der Waals surface area contributed by atoms with Gasteiger partial charge < -0.3 is 0 Å². The van der Waals surface area contributed by atoms with Gasteiger partial charge in [-0.2, -0.15) is 26.3 Å². The lowest BCUT2D eigenvalue weighted by atomic mass is 9.95. The first-order valence-corrected chi connectivity index (χ1v) is 6.68. The molecule has 3 aromatic rings. The molecule has 0 N–H and O–H groups in total. The Morgan fingerprint density at radius 2 is 1.62 bits per heavy atom. The highest BCUT2D eigenvalue weighted by molar-refractivity contribution is 5.94. The van der Waals surface area contributed by atoms with Gasteiger partial charge in [-0.05, 0) is 28.0 Å². The smallest absolute Gasteiger partial charge is 0.258 e. The number of non-ortho nitro benzene ring substituents is 1. The predicted molar refractivity (Wildman–Crippen MR) is 73.9 cm³/mol. The quantitative estimate of drug-likeness (QED) is 0.363. The lowest BCUT2D eigenvalue weighted by molar-refractivity contribution is -0.384. The van der Waals surface area contributed by atoms with Crippen molar-refractivity contribution >= 4 is 16.7 Å². The summed E-state index contributed by atoms with van der Waals surface area (Å²) >= 11 is 0. The summed E-state index contributed by atoms with van der Waals surface area (Å²) in [6, 6.07) is 2.66. The van der Waals surface area contributed by atoms with Gasteiger partial charge in [-0.15, -0.1) is 0 Å². The number of alkyl halides is 6. The fourth-order valence-corrected chi connectivity index (χ4v) is 2.38. The van der Waals surface area contributed by atoms with Crippen molar-refractivity contribution in [1.82, 2.24) is 10.3 Å². The van der Waals surface area contributed by atoms with Crippen LogP contribution >= 0.6 is 0 Å². The van der Waals surface area contributed by atoms with Crippen LogP contribution in [-0.4, -0.2) is 15.2 Å². The molecule has 1 heterocycles. The zero-order chi connectivity index (χ0) is 19.3. The van der Waals surface area contributed by atoms with Crippen molar-refractivity contribution in [1.29, 1.82) is 0 Å². The third-order valence-corrected chi connectivity index (χ3v) is 3.50. The molecule has 0 aliphatic rings. The summed E-state index contributed by atoms with van der Waals surface area (Å²) in [5.41, 5.74) is -5.32. The highest BCUT2D eigenvalue weighted by Crippen LogP contribution is 2.43. The molecule has 0 unspecified atom stereocenters. The molecule has 2 aromatic carbocycles. The van der Waals surface area contributed by atoms with Crippen molar-refractivity contribution in [3.05, 3.63) is 51.6 Å². The molecule has 0 radical (unpaired) electrons. The largest absolute Gasteiger partial charge is 0.417 e. The number of hydrogen-bond donors (Lipinski definition) is 0. The Hall–Kier alpha value is -3.18. The van der Waals surface area contributed by atoms with Crippen molar-refractivity contribution < 1.29 is 35.9 Å². The summed E-state index contributed by atoms with van der Waals surface area (Å²) in [6.45, 7) is 0. The summed E-state index contributed by atoms with van der Waals surface area (Å²) in [5.74, 6) is 0. The molecule has 6 nitrogen and oxygen atoms in total. The van der Waals surface area contributed by atoms with Gasteiger partial charge in [-0.3, -0.25) is 10.1 Å². The molecular formula is C14H5F6N3O3. The van der Waals surface area contributed by atoms with Crippen molar-refractivity contribution in [3.63, 3.8) is 0 Å². The van der Waals surface area contributed by atoms with E-state index >= 15 is 0 Å². The van der Waals surface area contributed by atoms with Gasteiger partial charge in [0.25, 0.3) is 5.69 Å². The van der Waals surface area contributed by atoms with Gasteiger partial charge in [0.1, 0.15) is 11.0 Å². The van der Waals surface area contributed by atoms with E-state index in [4.69, 9.17) is 0 Å². The van der Waals surface area contributed by atoms with Gasteiger partial charge in [0.15, 0.2) is 0 Å². The first kappa shape index (κ1) is 17.6. The third-order valence-electron chi connectivity index (χ3n) is 3.50. The van der Waals surface area contributed by atoms with Crippen LogP contribution < -0.4 is 0 Å². The lowest BCUT2D eigenvalue weighted by Crippen LogP contribution is -2.12. The minimum atomic E-state index is -5.15. The number of nitro benzene ring substituents is 1. The second kappa shape index (κ2) is 5.68. The number of benzene rings is 2. The fourth-order valence-electron chi connectivity index (χ4n) is 2.38. The second-order valence-electron chi connectivity index (χ2n) is 5.14. The summed E-state index contributed by atoms with van der Waals surface area (Å²) in [4.78, 5) is 10.1. The summed E-state index contributed by atoms with van der Waals surface area (Å²) < 4.78 is 82.7. The maximum atomic E-state index is 13.3. The maximum Gasteiger partial charge on any atom is 0.417 e. The zero-order valence-corrected chi connectivity index (χ0v) is 12.2. The van der Waals surface area contributed by atoms with Crippen molar-refractivity contribution in [2.24, 2.45) is 0 Å². The molecule has 0 saturated carbocycles. The molecule has 0 spiro atoms. The highest BCUT2D eigenvalue weighted by atomic mass is 19.4. The molecule has 12 heteroatoms. The van der Waals surface area contributed by atoms with E-state index in [1.807, 2.05) is 0 Å². The number of rotatable bonds is 2. The van der Waals surface area contributed by atoms with Gasteiger partial charge in [0.2, 0.25) is 0 Å². The normalized spacial score (nSPS) is 12.5. The SMILES string of the molecule is O=[N+]([O-])c1cc(-c2ccc(C(F)(F)F)cc2C(F)(F)F)c2nonc2c1. The molecule has 26 heavy (non-hydrogen) atoms. The number of hydrogen-bond acceptors (Lipinski definition) is 5. The Kier molecular flexibility index (Phi) is 3.85. The van der Waals surface area contributed by atoms with Gasteiger partial charge >= 0.3 is 12.4 Å². The molecule has 0 saturated heterocycles. The standard InChI is InChI=1S/C14H5F6N3O3/c15-13(16,17)6-1-2-8(10(3-6)14(18,19)20)9-4-7(23(24)25)5-11-12(9)22-26-21-11/h1-5H. The van der Waals surface area contributed by atoms with Gasteiger partial charge in [-0.1, -0.05) is 6.07 Å². The number of fused-ring (bicyclic) bond motifs is 1. The summed E-state index contributed by atoms with van der Waals surface area (Å²) in [6.07, 6.45) is -10.1. The van der Waals surface area contributed by atoms with E-state index in [1.165, 1.54) is 0 Å². The molecule has 0 fully saturated rings. The Labute approximate surface area is 139 Å². The second-order valence-corrected chi connectivity index (χ2v) is 5.14. The van der Waals surface area contributed by atoms with Crippen molar-refractivity contribution in [2.75, 3.05) is 0 Å². The van der Waals surface area contributed by atoms with Crippen LogP contribution in [-0.2, 0) is 12.4 Å². The molecule has 136 valence electrons. The summed E-state index contributed by atoms with van der Waals surface area (Å²) in [5, 5.41) is 17.7. The van der Waals surface area contributed by atoms with Crippen LogP contribution in [0.3, 0.4) is 0 Å². The van der Waals surface area contributed by atoms with Crippen LogP contribution in [0, 0.1) is 10.1 Å². The number of nitro groups is 1. The average molecular weight is 377 g/mol. The Morgan fingerprint density at radius 1 is 0.923 bits per heavy atom. The van der Waals surface area contributed by atoms with Crippen LogP contribution in [0.25, 0.3) is 22.2 Å². The van der Waals surface area contributed by atoms with Gasteiger partial charge in [-0.25, -0.2) is 4.63 Å². The highest BCUT2D eigenvalue weighted by Gasteiger charge is 2.39. The Morgan fingerprint density at radius 3 is 2.19 bits per heavy atom. The molecule has 3 rings (SSSR count). The van der Waals surface area contributed by atoms with E-state index in [0.29, 0.717) is 12.1 Å². The van der Waals surface area contributed by atoms with Crippen molar-refractivity contribution in [3.8, 4) is 11.1 Å². The Bertz CT molecular complexity index is 1010. The minimum Gasteiger partial charge on any atom is -0.258 e. The van der Waals surface area contributed by atoms with Crippen molar-refractivity contribution in [2.45, 2.75) is 12.4 Å². The number of nitrogens with zero attached hydrogens (tertiary/aromatic N) is 3. The molecule has 0 aliphatic carbocycles. The first-order valence-electron chi connectivity index (χ1n) is 6.68. The zero-order valence-electron chi connectivity index (χ0n) is 12.2. The van der Waals surface area contributed by atoms with E-state index in [9.17, 15) is 36.5 Å².